The van der Waals surface area contributed by atoms with Crippen molar-refractivity contribution >= 4 is 11.9 Å². The molecule has 8 nitrogen and oxygen atoms in total. The zero-order chi connectivity index (χ0) is 15.9. The molecule has 2 N–H and O–H groups in total. The largest absolute Gasteiger partial charge is 0.480 e. The summed E-state index contributed by atoms with van der Waals surface area (Å²) in [6, 6.07) is -1.12. The molecule has 0 spiro atoms. The zero-order valence-corrected chi connectivity index (χ0v) is 12.0. The number of carboxylic acids is 1. The summed E-state index contributed by atoms with van der Waals surface area (Å²) in [4.78, 5) is 36.9. The van der Waals surface area contributed by atoms with E-state index in [1.807, 2.05) is 0 Å². The minimum absolute atomic E-state index is 0.0372. The van der Waals surface area contributed by atoms with Crippen LogP contribution in [0.3, 0.4) is 0 Å². The summed E-state index contributed by atoms with van der Waals surface area (Å²) in [5.41, 5.74) is 0.277. The summed E-state index contributed by atoms with van der Waals surface area (Å²) < 4.78 is 1.05. The third kappa shape index (κ3) is 2.54. The van der Waals surface area contributed by atoms with Crippen LogP contribution in [0.5, 0.6) is 0 Å². The Kier molecular flexibility index (Phi) is 3.82. The number of β-amino-alcohol motifs (C(OH)–C–C–N with tert-alkyl or cyclic N) is 1. The van der Waals surface area contributed by atoms with Gasteiger partial charge in [0.05, 0.1) is 11.8 Å². The predicted octanol–water partition coefficient (Wildman–Crippen LogP) is -0.943. The van der Waals surface area contributed by atoms with Gasteiger partial charge in [-0.1, -0.05) is 0 Å². The maximum atomic E-state index is 12.6. The Balaban J connectivity index is 2.50. The second-order valence-electron chi connectivity index (χ2n) is 5.22. The van der Waals surface area contributed by atoms with Gasteiger partial charge in [-0.2, -0.15) is 5.10 Å². The Morgan fingerprint density at radius 1 is 1.33 bits per heavy atom. The van der Waals surface area contributed by atoms with E-state index in [9.17, 15) is 19.5 Å². The smallest absolute Gasteiger partial charge is 0.326 e. The second kappa shape index (κ2) is 5.28. The molecule has 1 aromatic heterocycles. The van der Waals surface area contributed by atoms with E-state index in [0.717, 1.165) is 9.58 Å². The fourth-order valence-corrected chi connectivity index (χ4v) is 2.52. The molecule has 1 saturated heterocycles. The molecule has 1 aliphatic rings. The lowest BCUT2D eigenvalue weighted by atomic mass is 10.1. The number of carboxylic acid groups (broad SMARTS) is 1. The Labute approximate surface area is 120 Å². The molecule has 1 fully saturated rings. The van der Waals surface area contributed by atoms with Gasteiger partial charge in [-0.15, -0.1) is 0 Å². The lowest BCUT2D eigenvalue weighted by Crippen LogP contribution is -2.44. The zero-order valence-electron chi connectivity index (χ0n) is 12.0. The summed E-state index contributed by atoms with van der Waals surface area (Å²) in [5.74, 6) is -1.87. The van der Waals surface area contributed by atoms with E-state index in [-0.39, 0.29) is 18.5 Å². The van der Waals surface area contributed by atoms with Crippen LogP contribution in [-0.2, 0) is 11.8 Å². The minimum Gasteiger partial charge on any atom is -0.480 e. The number of hydrogen-bond donors (Lipinski definition) is 2. The monoisotopic (exact) mass is 295 g/mol. The summed E-state index contributed by atoms with van der Waals surface area (Å²) >= 11 is 0. The topological polar surface area (TPSA) is 113 Å². The van der Waals surface area contributed by atoms with Gasteiger partial charge in [0.15, 0.2) is 0 Å². The maximum Gasteiger partial charge on any atom is 0.326 e. The van der Waals surface area contributed by atoms with E-state index in [2.05, 4.69) is 5.10 Å². The number of nitrogens with zero attached hydrogens (tertiary/aromatic N) is 3. The third-order valence-corrected chi connectivity index (χ3v) is 3.76. The molecule has 2 rings (SSSR count). The molecule has 0 bridgehead atoms. The Hall–Kier alpha value is -2.22. The summed E-state index contributed by atoms with van der Waals surface area (Å²) in [7, 11) is 1.43. The molecule has 2 unspecified atom stereocenters. The van der Waals surface area contributed by atoms with Gasteiger partial charge in [-0.25, -0.2) is 9.48 Å². The summed E-state index contributed by atoms with van der Waals surface area (Å²) in [6.45, 7) is 3.16. The first-order valence-electron chi connectivity index (χ1n) is 6.50. The van der Waals surface area contributed by atoms with Gasteiger partial charge in [0.2, 0.25) is 0 Å². The number of rotatable bonds is 2. The van der Waals surface area contributed by atoms with Crippen molar-refractivity contribution in [2.45, 2.75) is 32.4 Å². The highest BCUT2D eigenvalue weighted by atomic mass is 16.4. The van der Waals surface area contributed by atoms with Crippen molar-refractivity contribution in [2.75, 3.05) is 6.54 Å². The number of aromatic nitrogens is 2. The first-order chi connectivity index (χ1) is 9.73. The minimum atomic E-state index is -1.19. The van der Waals surface area contributed by atoms with Crippen molar-refractivity contribution < 1.29 is 19.8 Å². The molecule has 0 radical (unpaired) electrons. The first-order valence-corrected chi connectivity index (χ1v) is 6.50. The van der Waals surface area contributed by atoms with Crippen LogP contribution in [0.4, 0.5) is 0 Å². The van der Waals surface area contributed by atoms with E-state index in [1.165, 1.54) is 7.05 Å². The van der Waals surface area contributed by atoms with Crippen LogP contribution in [0.15, 0.2) is 4.79 Å². The fraction of sp³-hybridized carbons (Fsp3) is 0.538. The number of aliphatic hydroxyl groups is 1. The fourth-order valence-electron chi connectivity index (χ4n) is 2.52. The van der Waals surface area contributed by atoms with Crippen molar-refractivity contribution in [3.05, 3.63) is 27.2 Å². The van der Waals surface area contributed by atoms with Crippen LogP contribution in [0.25, 0.3) is 0 Å². The van der Waals surface area contributed by atoms with Crippen LogP contribution in [0.1, 0.15) is 28.0 Å². The number of aryl methyl sites for hydroxylation is 2. The molecular weight excluding hydrogens is 278 g/mol. The van der Waals surface area contributed by atoms with Crippen molar-refractivity contribution in [3.63, 3.8) is 0 Å². The Morgan fingerprint density at radius 2 is 1.95 bits per heavy atom. The summed E-state index contributed by atoms with van der Waals surface area (Å²) in [6.07, 6.45) is -0.938. The van der Waals surface area contributed by atoms with E-state index in [4.69, 9.17) is 5.11 Å². The molecule has 8 heteroatoms. The van der Waals surface area contributed by atoms with Gasteiger partial charge in [0.1, 0.15) is 11.6 Å². The normalized spacial score (nSPS) is 21.6. The van der Waals surface area contributed by atoms with Crippen molar-refractivity contribution in [2.24, 2.45) is 7.05 Å². The van der Waals surface area contributed by atoms with E-state index < -0.39 is 29.6 Å². The first kappa shape index (κ1) is 15.2. The average molecular weight is 295 g/mol. The molecule has 0 saturated carbocycles. The quantitative estimate of drug-likeness (QED) is 0.728. The number of carbonyl (C=O) groups is 2. The van der Waals surface area contributed by atoms with Gasteiger partial charge in [-0.05, 0) is 19.4 Å². The van der Waals surface area contributed by atoms with Crippen LogP contribution >= 0.6 is 0 Å². The number of amides is 1. The molecule has 0 aliphatic carbocycles. The predicted molar refractivity (Wildman–Crippen MR) is 72.0 cm³/mol. The Bertz CT molecular complexity index is 667. The van der Waals surface area contributed by atoms with Crippen LogP contribution in [-0.4, -0.2) is 55.5 Å². The van der Waals surface area contributed by atoms with Crippen molar-refractivity contribution in [3.8, 4) is 0 Å². The summed E-state index contributed by atoms with van der Waals surface area (Å²) in [5, 5.41) is 22.7. The highest BCUT2D eigenvalue weighted by molar-refractivity contribution is 5.98. The molecule has 114 valence electrons. The average Bonchev–Trinajstić information content (AvgIpc) is 2.79. The molecule has 1 amide bonds. The van der Waals surface area contributed by atoms with Gasteiger partial charge in [-0.3, -0.25) is 9.59 Å². The van der Waals surface area contributed by atoms with Crippen molar-refractivity contribution in [1.82, 2.24) is 14.7 Å². The molecule has 1 aliphatic heterocycles. The number of carbonyl (C=O) groups excluding carboxylic acids is 1. The Morgan fingerprint density at radius 3 is 2.52 bits per heavy atom. The van der Waals surface area contributed by atoms with Crippen molar-refractivity contribution in [1.29, 1.82) is 0 Å². The van der Waals surface area contributed by atoms with Crippen LogP contribution in [0.2, 0.25) is 0 Å². The van der Waals surface area contributed by atoms with E-state index in [0.29, 0.717) is 11.3 Å². The van der Waals surface area contributed by atoms with Gasteiger partial charge in [0, 0.05) is 20.0 Å². The standard InChI is InChI=1S/C13H17N3O5/c1-6-7(2)14-15(3)11(18)10(6)12(19)16-5-8(17)4-9(16)13(20)21/h8-9,17H,4-5H2,1-3H3,(H,20,21). The second-order valence-corrected chi connectivity index (χ2v) is 5.22. The highest BCUT2D eigenvalue weighted by Gasteiger charge is 2.40. The number of aliphatic hydroxyl groups excluding tert-OH is 1. The molecule has 0 aromatic carbocycles. The molecule has 2 atom stereocenters. The lowest BCUT2D eigenvalue weighted by molar-refractivity contribution is -0.141. The number of aliphatic carboxylic acids is 1. The number of likely N-dealkylation sites (tertiary alicyclic amines) is 1. The van der Waals surface area contributed by atoms with E-state index >= 15 is 0 Å². The highest BCUT2D eigenvalue weighted by Crippen LogP contribution is 2.21. The van der Waals surface area contributed by atoms with Gasteiger partial charge < -0.3 is 15.1 Å². The van der Waals surface area contributed by atoms with Gasteiger partial charge >= 0.3 is 5.97 Å². The lowest BCUT2D eigenvalue weighted by Gasteiger charge is -2.22. The van der Waals surface area contributed by atoms with E-state index in [1.54, 1.807) is 13.8 Å². The molecule has 21 heavy (non-hydrogen) atoms. The third-order valence-electron chi connectivity index (χ3n) is 3.76. The SMILES string of the molecule is Cc1nn(C)c(=O)c(C(=O)N2CC(O)CC2C(=O)O)c1C. The molecular formula is C13H17N3O5. The van der Waals surface area contributed by atoms with Crippen LogP contribution < -0.4 is 5.56 Å². The maximum absolute atomic E-state index is 12.6. The molecule has 2 heterocycles. The molecule has 1 aromatic rings. The van der Waals surface area contributed by atoms with Gasteiger partial charge in [0.25, 0.3) is 11.5 Å². The van der Waals surface area contributed by atoms with Crippen LogP contribution in [0, 0.1) is 13.8 Å². The number of hydrogen-bond acceptors (Lipinski definition) is 5.